The maximum absolute atomic E-state index is 13.8. The standard InChI is InChI=1S/C32H51N3O6/c1-22(2)34(32(37)24-9-14-29(40-5)30(17-24)41-16-6-15-38-3)20-25-18-33-19-26(25)21-35(27-10-11-27)31(36)23-7-12-28(39-4)13-8-23/h9,14,17,22-23,25-28,33H,6-8,10-13,15-16,18-21H2,1-5H3. The molecular weight excluding hydrogens is 522 g/mol. The van der Waals surface area contributed by atoms with Crippen molar-refractivity contribution >= 4 is 11.8 Å². The average molecular weight is 574 g/mol. The van der Waals surface area contributed by atoms with E-state index in [2.05, 4.69) is 24.1 Å². The Labute approximate surface area is 246 Å². The largest absolute Gasteiger partial charge is 0.493 e. The number of carbonyl (C=O) groups excluding carboxylic acids is 2. The molecule has 0 spiro atoms. The molecular formula is C32H51N3O6. The second-order valence-corrected chi connectivity index (χ2v) is 12.2. The topological polar surface area (TPSA) is 89.6 Å². The van der Waals surface area contributed by atoms with Gasteiger partial charge in [0.05, 0.1) is 19.8 Å². The zero-order chi connectivity index (χ0) is 29.4. The minimum Gasteiger partial charge on any atom is -0.493 e. The number of rotatable bonds is 15. The Morgan fingerprint density at radius 2 is 1.63 bits per heavy atom. The molecule has 1 heterocycles. The first-order valence-corrected chi connectivity index (χ1v) is 15.5. The Hall–Kier alpha value is -2.36. The molecule has 2 atom stereocenters. The van der Waals surface area contributed by atoms with E-state index in [1.54, 1.807) is 33.5 Å². The highest BCUT2D eigenvalue weighted by molar-refractivity contribution is 5.95. The maximum Gasteiger partial charge on any atom is 0.254 e. The van der Waals surface area contributed by atoms with Crippen LogP contribution in [0.5, 0.6) is 11.5 Å². The number of ether oxygens (including phenoxy) is 4. The molecule has 3 fully saturated rings. The third-order valence-electron chi connectivity index (χ3n) is 9.01. The Morgan fingerprint density at radius 1 is 0.927 bits per heavy atom. The minimum atomic E-state index is -0.0138. The van der Waals surface area contributed by atoms with Crippen molar-refractivity contribution in [1.29, 1.82) is 0 Å². The lowest BCUT2D eigenvalue weighted by Crippen LogP contribution is -2.46. The summed E-state index contributed by atoms with van der Waals surface area (Å²) in [5, 5.41) is 3.56. The van der Waals surface area contributed by atoms with E-state index in [-0.39, 0.29) is 23.8 Å². The van der Waals surface area contributed by atoms with Gasteiger partial charge in [0.1, 0.15) is 0 Å². The Morgan fingerprint density at radius 3 is 2.24 bits per heavy atom. The van der Waals surface area contributed by atoms with Crippen molar-refractivity contribution in [2.75, 3.05) is 60.7 Å². The van der Waals surface area contributed by atoms with Crippen molar-refractivity contribution in [3.63, 3.8) is 0 Å². The molecule has 1 aromatic rings. The lowest BCUT2D eigenvalue weighted by molar-refractivity contribution is -0.138. The van der Waals surface area contributed by atoms with Gasteiger partial charge < -0.3 is 34.1 Å². The van der Waals surface area contributed by atoms with Crippen LogP contribution in [0.15, 0.2) is 18.2 Å². The molecule has 0 aromatic heterocycles. The molecule has 2 amide bonds. The summed E-state index contributed by atoms with van der Waals surface area (Å²) in [4.78, 5) is 31.7. The van der Waals surface area contributed by atoms with Gasteiger partial charge in [-0.2, -0.15) is 0 Å². The first kappa shape index (κ1) is 31.6. The number of methoxy groups -OCH3 is 3. The summed E-state index contributed by atoms with van der Waals surface area (Å²) in [5.41, 5.74) is 0.588. The molecule has 2 saturated carbocycles. The summed E-state index contributed by atoms with van der Waals surface area (Å²) in [6.45, 7) is 8.37. The molecule has 9 heteroatoms. The number of carbonyl (C=O) groups is 2. The van der Waals surface area contributed by atoms with E-state index in [0.717, 1.165) is 64.6 Å². The van der Waals surface area contributed by atoms with E-state index in [1.165, 1.54) is 0 Å². The van der Waals surface area contributed by atoms with Crippen molar-refractivity contribution in [1.82, 2.24) is 15.1 Å². The van der Waals surface area contributed by atoms with Crippen LogP contribution in [0, 0.1) is 17.8 Å². The minimum absolute atomic E-state index is 0.0138. The van der Waals surface area contributed by atoms with Gasteiger partial charge in [0.2, 0.25) is 5.91 Å². The molecule has 230 valence electrons. The molecule has 2 aliphatic carbocycles. The average Bonchev–Trinajstić information content (AvgIpc) is 3.74. The SMILES string of the molecule is COCCCOc1cc(C(=O)N(CC2CNCC2CN(C(=O)C2CCC(OC)CC2)C2CC2)C(C)C)ccc1OC. The smallest absolute Gasteiger partial charge is 0.254 e. The molecule has 4 rings (SSSR count). The summed E-state index contributed by atoms with van der Waals surface area (Å²) < 4.78 is 22.1. The van der Waals surface area contributed by atoms with Gasteiger partial charge in [-0.15, -0.1) is 0 Å². The fourth-order valence-corrected chi connectivity index (χ4v) is 6.31. The van der Waals surface area contributed by atoms with Crippen molar-refractivity contribution < 1.29 is 28.5 Å². The fraction of sp³-hybridized carbons (Fsp3) is 0.750. The van der Waals surface area contributed by atoms with Crippen LogP contribution in [-0.2, 0) is 14.3 Å². The first-order valence-electron chi connectivity index (χ1n) is 15.5. The monoisotopic (exact) mass is 573 g/mol. The Bertz CT molecular complexity index is 992. The zero-order valence-electron chi connectivity index (χ0n) is 25.7. The molecule has 0 radical (unpaired) electrons. The predicted molar refractivity (Wildman–Crippen MR) is 158 cm³/mol. The van der Waals surface area contributed by atoms with Crippen LogP contribution in [0.2, 0.25) is 0 Å². The Kier molecular flexibility index (Phi) is 11.7. The summed E-state index contributed by atoms with van der Waals surface area (Å²) >= 11 is 0. The van der Waals surface area contributed by atoms with Crippen molar-refractivity contribution in [3.05, 3.63) is 23.8 Å². The maximum atomic E-state index is 13.8. The number of hydrogen-bond donors (Lipinski definition) is 1. The van der Waals surface area contributed by atoms with Crippen LogP contribution in [0.3, 0.4) is 0 Å². The van der Waals surface area contributed by atoms with Crippen LogP contribution in [0.1, 0.15) is 69.2 Å². The first-order chi connectivity index (χ1) is 19.9. The number of nitrogens with zero attached hydrogens (tertiary/aromatic N) is 2. The van der Waals surface area contributed by atoms with E-state index in [9.17, 15) is 9.59 Å². The molecule has 1 aromatic carbocycles. The van der Waals surface area contributed by atoms with Crippen LogP contribution >= 0.6 is 0 Å². The van der Waals surface area contributed by atoms with Gasteiger partial charge in [-0.1, -0.05) is 0 Å². The highest BCUT2D eigenvalue weighted by Crippen LogP contribution is 2.35. The van der Waals surface area contributed by atoms with Gasteiger partial charge in [-0.05, 0) is 82.4 Å². The van der Waals surface area contributed by atoms with E-state index < -0.39 is 0 Å². The van der Waals surface area contributed by atoms with Crippen molar-refractivity contribution in [2.24, 2.45) is 17.8 Å². The molecule has 1 N–H and O–H groups in total. The van der Waals surface area contributed by atoms with Crippen molar-refractivity contribution in [3.8, 4) is 11.5 Å². The summed E-state index contributed by atoms with van der Waals surface area (Å²) in [5.74, 6) is 2.21. The van der Waals surface area contributed by atoms with Crippen LogP contribution in [-0.4, -0.2) is 101 Å². The zero-order valence-corrected chi connectivity index (χ0v) is 25.7. The van der Waals surface area contributed by atoms with Crippen LogP contribution < -0.4 is 14.8 Å². The summed E-state index contributed by atoms with van der Waals surface area (Å²) in [7, 11) is 5.04. The third kappa shape index (κ3) is 8.36. The normalized spacial score (nSPS) is 24.3. The number of benzene rings is 1. The molecule has 9 nitrogen and oxygen atoms in total. The second-order valence-electron chi connectivity index (χ2n) is 12.2. The number of hydrogen-bond acceptors (Lipinski definition) is 7. The summed E-state index contributed by atoms with van der Waals surface area (Å²) in [6.07, 6.45) is 7.03. The third-order valence-corrected chi connectivity index (χ3v) is 9.01. The van der Waals surface area contributed by atoms with E-state index in [4.69, 9.17) is 18.9 Å². The lowest BCUT2D eigenvalue weighted by atomic mass is 9.85. The van der Waals surface area contributed by atoms with Gasteiger partial charge in [0.25, 0.3) is 5.91 Å². The van der Waals surface area contributed by atoms with Crippen LogP contribution in [0.25, 0.3) is 0 Å². The molecule has 0 bridgehead atoms. The number of amides is 2. The lowest BCUT2D eigenvalue weighted by Gasteiger charge is -2.36. The van der Waals surface area contributed by atoms with E-state index >= 15 is 0 Å². The molecule has 3 aliphatic rings. The highest BCUT2D eigenvalue weighted by Gasteiger charge is 2.41. The van der Waals surface area contributed by atoms with Crippen molar-refractivity contribution in [2.45, 2.75) is 77.0 Å². The highest BCUT2D eigenvalue weighted by atomic mass is 16.5. The number of nitrogens with one attached hydrogen (secondary N) is 1. The van der Waals surface area contributed by atoms with Crippen LogP contribution in [0.4, 0.5) is 0 Å². The summed E-state index contributed by atoms with van der Waals surface area (Å²) in [6, 6.07) is 5.83. The molecule has 2 unspecified atom stereocenters. The fourth-order valence-electron chi connectivity index (χ4n) is 6.31. The van der Waals surface area contributed by atoms with Gasteiger partial charge in [0.15, 0.2) is 11.5 Å². The van der Waals surface area contributed by atoms with Gasteiger partial charge in [-0.3, -0.25) is 9.59 Å². The van der Waals surface area contributed by atoms with Gasteiger partial charge in [-0.25, -0.2) is 0 Å². The van der Waals surface area contributed by atoms with E-state index in [1.807, 2.05) is 11.0 Å². The van der Waals surface area contributed by atoms with E-state index in [0.29, 0.717) is 60.8 Å². The molecule has 1 saturated heterocycles. The Balaban J connectivity index is 1.41. The predicted octanol–water partition coefficient (Wildman–Crippen LogP) is 3.99. The second kappa shape index (κ2) is 15.2. The quantitative estimate of drug-likeness (QED) is 0.318. The molecule has 41 heavy (non-hydrogen) atoms. The molecule has 1 aliphatic heterocycles. The van der Waals surface area contributed by atoms with Gasteiger partial charge >= 0.3 is 0 Å². The van der Waals surface area contributed by atoms with Gasteiger partial charge in [0, 0.05) is 77.0 Å².